The molecule has 0 unspecified atom stereocenters. The molecule has 0 atom stereocenters. The third-order valence-electron chi connectivity index (χ3n) is 2.83. The summed E-state index contributed by atoms with van der Waals surface area (Å²) < 4.78 is 4.99. The SMILES string of the molecule is Cc1cc(N)cc(C(=O)OCC(=O)N(C)C(C)C)c1. The van der Waals surface area contributed by atoms with Crippen molar-refractivity contribution >= 4 is 17.6 Å². The summed E-state index contributed by atoms with van der Waals surface area (Å²) >= 11 is 0. The van der Waals surface area contributed by atoms with E-state index in [1.165, 1.54) is 11.0 Å². The van der Waals surface area contributed by atoms with Gasteiger partial charge in [-0.2, -0.15) is 0 Å². The predicted molar refractivity (Wildman–Crippen MR) is 73.8 cm³/mol. The zero-order valence-corrected chi connectivity index (χ0v) is 11.8. The maximum atomic E-state index is 11.8. The van der Waals surface area contributed by atoms with E-state index in [0.717, 1.165) is 5.56 Å². The van der Waals surface area contributed by atoms with Gasteiger partial charge in [0.05, 0.1) is 5.56 Å². The largest absolute Gasteiger partial charge is 0.452 e. The smallest absolute Gasteiger partial charge is 0.338 e. The Labute approximate surface area is 113 Å². The van der Waals surface area contributed by atoms with E-state index in [2.05, 4.69) is 0 Å². The van der Waals surface area contributed by atoms with Crippen molar-refractivity contribution in [2.75, 3.05) is 19.4 Å². The number of rotatable bonds is 4. The molecule has 0 aromatic heterocycles. The first-order valence-corrected chi connectivity index (χ1v) is 6.11. The van der Waals surface area contributed by atoms with E-state index in [0.29, 0.717) is 11.3 Å². The second-order valence-corrected chi connectivity index (χ2v) is 4.81. The summed E-state index contributed by atoms with van der Waals surface area (Å²) in [6.07, 6.45) is 0. The number of nitrogens with zero attached hydrogens (tertiary/aromatic N) is 1. The van der Waals surface area contributed by atoms with Gasteiger partial charge in [0, 0.05) is 18.8 Å². The summed E-state index contributed by atoms with van der Waals surface area (Å²) in [6, 6.07) is 5.04. The molecule has 0 aliphatic rings. The van der Waals surface area contributed by atoms with Crippen molar-refractivity contribution in [3.8, 4) is 0 Å². The number of likely N-dealkylation sites (N-methyl/N-ethyl adjacent to an activating group) is 1. The molecular formula is C14H20N2O3. The summed E-state index contributed by atoms with van der Waals surface area (Å²) in [4.78, 5) is 25.0. The molecule has 0 saturated carbocycles. The minimum atomic E-state index is -0.541. The number of hydrogen-bond acceptors (Lipinski definition) is 4. The minimum absolute atomic E-state index is 0.0702. The highest BCUT2D eigenvalue weighted by Crippen LogP contribution is 2.12. The van der Waals surface area contributed by atoms with Crippen LogP contribution in [0.1, 0.15) is 29.8 Å². The van der Waals surface area contributed by atoms with Crippen LogP contribution in [-0.4, -0.2) is 36.5 Å². The first kappa shape index (κ1) is 15.0. The molecule has 1 rings (SSSR count). The fourth-order valence-corrected chi connectivity index (χ4v) is 1.53. The number of nitrogen functional groups attached to an aromatic ring is 1. The number of aryl methyl sites for hydroxylation is 1. The van der Waals surface area contributed by atoms with Gasteiger partial charge in [0.1, 0.15) is 0 Å². The standard InChI is InChI=1S/C14H20N2O3/c1-9(2)16(4)13(17)8-19-14(18)11-5-10(3)6-12(15)7-11/h5-7,9H,8,15H2,1-4H3. The van der Waals surface area contributed by atoms with Crippen LogP contribution in [0, 0.1) is 6.92 Å². The second-order valence-electron chi connectivity index (χ2n) is 4.81. The fraction of sp³-hybridized carbons (Fsp3) is 0.429. The van der Waals surface area contributed by atoms with Gasteiger partial charge >= 0.3 is 5.97 Å². The van der Waals surface area contributed by atoms with E-state index in [9.17, 15) is 9.59 Å². The van der Waals surface area contributed by atoms with E-state index in [-0.39, 0.29) is 18.6 Å². The van der Waals surface area contributed by atoms with Crippen LogP contribution in [0.5, 0.6) is 0 Å². The van der Waals surface area contributed by atoms with Gasteiger partial charge in [-0.3, -0.25) is 4.79 Å². The number of carbonyl (C=O) groups is 2. The molecule has 1 aromatic carbocycles. The Balaban J connectivity index is 2.63. The van der Waals surface area contributed by atoms with E-state index in [1.807, 2.05) is 20.8 Å². The van der Waals surface area contributed by atoms with Crippen LogP contribution < -0.4 is 5.73 Å². The average molecular weight is 264 g/mol. The lowest BCUT2D eigenvalue weighted by molar-refractivity contribution is -0.134. The number of ether oxygens (including phenoxy) is 1. The molecular weight excluding hydrogens is 244 g/mol. The molecule has 0 aliphatic heterocycles. The minimum Gasteiger partial charge on any atom is -0.452 e. The Kier molecular flexibility index (Phi) is 4.92. The summed E-state index contributed by atoms with van der Waals surface area (Å²) in [5.41, 5.74) is 7.39. The van der Waals surface area contributed by atoms with Crippen LogP contribution >= 0.6 is 0 Å². The Morgan fingerprint density at radius 1 is 1.32 bits per heavy atom. The summed E-state index contributed by atoms with van der Waals surface area (Å²) in [5, 5.41) is 0. The Hall–Kier alpha value is -2.04. The highest BCUT2D eigenvalue weighted by molar-refractivity contribution is 5.92. The Morgan fingerprint density at radius 3 is 2.47 bits per heavy atom. The molecule has 0 saturated heterocycles. The van der Waals surface area contributed by atoms with Gasteiger partial charge in [-0.05, 0) is 44.5 Å². The van der Waals surface area contributed by atoms with Crippen molar-refractivity contribution in [3.63, 3.8) is 0 Å². The number of anilines is 1. The van der Waals surface area contributed by atoms with E-state index >= 15 is 0 Å². The molecule has 0 bridgehead atoms. The normalized spacial score (nSPS) is 10.4. The maximum absolute atomic E-state index is 11.8. The molecule has 1 aromatic rings. The Morgan fingerprint density at radius 2 is 1.95 bits per heavy atom. The second kappa shape index (κ2) is 6.22. The quantitative estimate of drug-likeness (QED) is 0.662. The molecule has 104 valence electrons. The number of hydrogen-bond donors (Lipinski definition) is 1. The molecule has 5 nitrogen and oxygen atoms in total. The number of amides is 1. The molecule has 19 heavy (non-hydrogen) atoms. The number of benzene rings is 1. The molecule has 2 N–H and O–H groups in total. The number of esters is 1. The first-order valence-electron chi connectivity index (χ1n) is 6.11. The monoisotopic (exact) mass is 264 g/mol. The van der Waals surface area contributed by atoms with E-state index in [1.54, 1.807) is 19.2 Å². The van der Waals surface area contributed by atoms with Gasteiger partial charge in [-0.25, -0.2) is 4.79 Å². The molecule has 1 amide bonds. The van der Waals surface area contributed by atoms with Crippen LogP contribution in [0.3, 0.4) is 0 Å². The van der Waals surface area contributed by atoms with Crippen molar-refractivity contribution < 1.29 is 14.3 Å². The molecule has 5 heteroatoms. The molecule has 0 fully saturated rings. The summed E-state index contributed by atoms with van der Waals surface area (Å²) in [5.74, 6) is -0.773. The fourth-order valence-electron chi connectivity index (χ4n) is 1.53. The van der Waals surface area contributed by atoms with E-state index < -0.39 is 5.97 Å². The lowest BCUT2D eigenvalue weighted by Crippen LogP contribution is -2.36. The van der Waals surface area contributed by atoms with Crippen LogP contribution in [0.2, 0.25) is 0 Å². The van der Waals surface area contributed by atoms with Crippen LogP contribution in [0.15, 0.2) is 18.2 Å². The third kappa shape index (κ3) is 4.28. The first-order chi connectivity index (χ1) is 8.81. The van der Waals surface area contributed by atoms with Gasteiger partial charge in [-0.15, -0.1) is 0 Å². The lowest BCUT2D eigenvalue weighted by atomic mass is 10.1. The van der Waals surface area contributed by atoms with Crippen LogP contribution in [0.25, 0.3) is 0 Å². The average Bonchev–Trinajstić information content (AvgIpc) is 2.33. The van der Waals surface area contributed by atoms with Crippen molar-refractivity contribution in [2.45, 2.75) is 26.8 Å². The zero-order chi connectivity index (χ0) is 14.6. The van der Waals surface area contributed by atoms with E-state index in [4.69, 9.17) is 10.5 Å². The third-order valence-corrected chi connectivity index (χ3v) is 2.83. The molecule has 0 radical (unpaired) electrons. The topological polar surface area (TPSA) is 72.6 Å². The predicted octanol–water partition coefficient (Wildman–Crippen LogP) is 1.60. The number of nitrogens with two attached hydrogens (primary N) is 1. The highest BCUT2D eigenvalue weighted by Gasteiger charge is 2.15. The molecule has 0 aliphatic carbocycles. The van der Waals surface area contributed by atoms with Crippen molar-refractivity contribution in [1.82, 2.24) is 4.90 Å². The van der Waals surface area contributed by atoms with Crippen LogP contribution in [-0.2, 0) is 9.53 Å². The van der Waals surface area contributed by atoms with Gasteiger partial charge in [0.2, 0.25) is 0 Å². The summed E-state index contributed by atoms with van der Waals surface area (Å²) in [7, 11) is 1.67. The highest BCUT2D eigenvalue weighted by atomic mass is 16.5. The summed E-state index contributed by atoms with van der Waals surface area (Å²) in [6.45, 7) is 5.36. The van der Waals surface area contributed by atoms with Gasteiger partial charge in [0.15, 0.2) is 6.61 Å². The molecule has 0 spiro atoms. The Bertz CT molecular complexity index is 463. The van der Waals surface area contributed by atoms with Gasteiger partial charge < -0.3 is 15.4 Å². The zero-order valence-electron chi connectivity index (χ0n) is 11.8. The molecule has 0 heterocycles. The van der Waals surface area contributed by atoms with Crippen molar-refractivity contribution in [2.24, 2.45) is 0 Å². The van der Waals surface area contributed by atoms with Gasteiger partial charge in [-0.1, -0.05) is 0 Å². The van der Waals surface area contributed by atoms with Crippen LogP contribution in [0.4, 0.5) is 5.69 Å². The van der Waals surface area contributed by atoms with Crippen molar-refractivity contribution in [3.05, 3.63) is 29.3 Å². The van der Waals surface area contributed by atoms with Gasteiger partial charge in [0.25, 0.3) is 5.91 Å². The number of carbonyl (C=O) groups excluding carboxylic acids is 2. The van der Waals surface area contributed by atoms with Crippen molar-refractivity contribution in [1.29, 1.82) is 0 Å². The maximum Gasteiger partial charge on any atom is 0.338 e. The lowest BCUT2D eigenvalue weighted by Gasteiger charge is -2.21.